The second-order valence-electron chi connectivity index (χ2n) is 5.49. The summed E-state index contributed by atoms with van der Waals surface area (Å²) in [5.74, 6) is -0.0963. The Balaban J connectivity index is 2.02. The SMILES string of the molecule is CC(CO)NC(=O)CCCNC(=O)NC1CCCCC1. The zero-order valence-corrected chi connectivity index (χ0v) is 12.3. The molecule has 1 rings (SSSR count). The van der Waals surface area contributed by atoms with Gasteiger partial charge in [0, 0.05) is 25.0 Å². The van der Waals surface area contributed by atoms with Gasteiger partial charge in [-0.3, -0.25) is 4.79 Å². The van der Waals surface area contributed by atoms with E-state index in [9.17, 15) is 9.59 Å². The van der Waals surface area contributed by atoms with Gasteiger partial charge in [0.25, 0.3) is 0 Å². The molecule has 1 saturated carbocycles. The average Bonchev–Trinajstić information content (AvgIpc) is 2.44. The molecular weight excluding hydrogens is 258 g/mol. The first-order chi connectivity index (χ1) is 9.61. The van der Waals surface area contributed by atoms with E-state index in [1.165, 1.54) is 19.3 Å². The van der Waals surface area contributed by atoms with Gasteiger partial charge in [-0.15, -0.1) is 0 Å². The summed E-state index contributed by atoms with van der Waals surface area (Å²) in [6.45, 7) is 2.17. The fraction of sp³-hybridized carbons (Fsp3) is 0.857. The van der Waals surface area contributed by atoms with Crippen LogP contribution >= 0.6 is 0 Å². The van der Waals surface area contributed by atoms with Crippen LogP contribution in [0.1, 0.15) is 51.9 Å². The highest BCUT2D eigenvalue weighted by molar-refractivity contribution is 5.76. The summed E-state index contributed by atoms with van der Waals surface area (Å²) in [5.41, 5.74) is 0. The summed E-state index contributed by atoms with van der Waals surface area (Å²) >= 11 is 0. The molecule has 6 nitrogen and oxygen atoms in total. The van der Waals surface area contributed by atoms with E-state index < -0.39 is 0 Å². The van der Waals surface area contributed by atoms with Crippen molar-refractivity contribution >= 4 is 11.9 Å². The molecule has 1 aliphatic carbocycles. The molecule has 0 saturated heterocycles. The van der Waals surface area contributed by atoms with Crippen LogP contribution in [0.4, 0.5) is 4.79 Å². The molecule has 1 aliphatic rings. The molecule has 1 atom stereocenters. The monoisotopic (exact) mass is 285 g/mol. The van der Waals surface area contributed by atoms with E-state index >= 15 is 0 Å². The van der Waals surface area contributed by atoms with Gasteiger partial charge in [0.2, 0.25) is 5.91 Å². The summed E-state index contributed by atoms with van der Waals surface area (Å²) in [5, 5.41) is 17.2. The average molecular weight is 285 g/mol. The molecule has 0 bridgehead atoms. The molecule has 3 amide bonds. The van der Waals surface area contributed by atoms with Crippen molar-refractivity contribution in [1.29, 1.82) is 0 Å². The maximum absolute atomic E-state index is 11.6. The second kappa shape index (κ2) is 9.58. The van der Waals surface area contributed by atoms with Gasteiger partial charge in [-0.05, 0) is 26.2 Å². The topological polar surface area (TPSA) is 90.5 Å². The summed E-state index contributed by atoms with van der Waals surface area (Å²) in [6.07, 6.45) is 6.73. The van der Waals surface area contributed by atoms with Crippen LogP contribution in [0.2, 0.25) is 0 Å². The minimum absolute atomic E-state index is 0.0617. The smallest absolute Gasteiger partial charge is 0.315 e. The second-order valence-corrected chi connectivity index (χ2v) is 5.49. The highest BCUT2D eigenvalue weighted by atomic mass is 16.3. The van der Waals surface area contributed by atoms with Crippen molar-refractivity contribution in [1.82, 2.24) is 16.0 Å². The fourth-order valence-electron chi connectivity index (χ4n) is 2.33. The lowest BCUT2D eigenvalue weighted by Crippen LogP contribution is -2.43. The van der Waals surface area contributed by atoms with Crippen LogP contribution in [-0.2, 0) is 4.79 Å². The molecule has 1 unspecified atom stereocenters. The van der Waals surface area contributed by atoms with E-state index in [1.807, 2.05) is 0 Å². The van der Waals surface area contributed by atoms with Crippen molar-refractivity contribution in [3.05, 3.63) is 0 Å². The molecule has 6 heteroatoms. The van der Waals surface area contributed by atoms with E-state index in [0.29, 0.717) is 25.4 Å². The Labute approximate surface area is 120 Å². The van der Waals surface area contributed by atoms with Gasteiger partial charge in [0.1, 0.15) is 0 Å². The standard InChI is InChI=1S/C14H27N3O3/c1-11(10-18)16-13(19)8-5-9-15-14(20)17-12-6-3-2-4-7-12/h11-12,18H,2-10H2,1H3,(H,16,19)(H2,15,17,20). The maximum Gasteiger partial charge on any atom is 0.315 e. The maximum atomic E-state index is 11.6. The first kappa shape index (κ1) is 16.8. The number of carbonyl (C=O) groups is 2. The molecule has 0 spiro atoms. The Hall–Kier alpha value is -1.30. The number of aliphatic hydroxyl groups excluding tert-OH is 1. The molecule has 0 radical (unpaired) electrons. The lowest BCUT2D eigenvalue weighted by atomic mass is 9.96. The predicted octanol–water partition coefficient (Wildman–Crippen LogP) is 0.895. The van der Waals surface area contributed by atoms with Gasteiger partial charge in [-0.1, -0.05) is 19.3 Å². The van der Waals surface area contributed by atoms with Crippen molar-refractivity contribution in [2.24, 2.45) is 0 Å². The molecule has 0 aromatic rings. The zero-order chi connectivity index (χ0) is 14.8. The van der Waals surface area contributed by atoms with E-state index in [1.54, 1.807) is 6.92 Å². The number of hydrogen-bond donors (Lipinski definition) is 4. The van der Waals surface area contributed by atoms with Crippen LogP contribution in [0.3, 0.4) is 0 Å². The third-order valence-electron chi connectivity index (χ3n) is 3.49. The quantitative estimate of drug-likeness (QED) is 0.524. The summed E-state index contributed by atoms with van der Waals surface area (Å²) in [4.78, 5) is 23.0. The Morgan fingerprint density at radius 2 is 1.95 bits per heavy atom. The van der Waals surface area contributed by atoms with Crippen LogP contribution in [0, 0.1) is 0 Å². The Kier molecular flexibility index (Phi) is 8.02. The highest BCUT2D eigenvalue weighted by Gasteiger charge is 2.15. The van der Waals surface area contributed by atoms with Gasteiger partial charge in [-0.25, -0.2) is 4.79 Å². The molecule has 116 valence electrons. The molecule has 1 fully saturated rings. The van der Waals surface area contributed by atoms with Crippen molar-refractivity contribution < 1.29 is 14.7 Å². The third-order valence-corrected chi connectivity index (χ3v) is 3.49. The minimum Gasteiger partial charge on any atom is -0.394 e. The molecule has 20 heavy (non-hydrogen) atoms. The van der Waals surface area contributed by atoms with E-state index in [0.717, 1.165) is 12.8 Å². The predicted molar refractivity (Wildman–Crippen MR) is 77.3 cm³/mol. The third kappa shape index (κ3) is 7.33. The summed E-state index contributed by atoms with van der Waals surface area (Å²) in [7, 11) is 0. The molecule has 0 heterocycles. The fourth-order valence-corrected chi connectivity index (χ4v) is 2.33. The molecule has 0 aromatic heterocycles. The zero-order valence-electron chi connectivity index (χ0n) is 12.3. The van der Waals surface area contributed by atoms with Crippen LogP contribution < -0.4 is 16.0 Å². The minimum atomic E-state index is -0.218. The van der Waals surface area contributed by atoms with Crippen LogP contribution in [0.25, 0.3) is 0 Å². The summed E-state index contributed by atoms with van der Waals surface area (Å²) in [6, 6.07) is -0.0523. The van der Waals surface area contributed by atoms with Crippen LogP contribution in [0.5, 0.6) is 0 Å². The number of amides is 3. The number of hydrogen-bond acceptors (Lipinski definition) is 3. The van der Waals surface area contributed by atoms with Crippen molar-refractivity contribution in [3.63, 3.8) is 0 Å². The van der Waals surface area contributed by atoms with Gasteiger partial charge in [-0.2, -0.15) is 0 Å². The lowest BCUT2D eigenvalue weighted by Gasteiger charge is -2.22. The number of nitrogens with one attached hydrogen (secondary N) is 3. The Morgan fingerprint density at radius 3 is 2.60 bits per heavy atom. The Bertz CT molecular complexity index is 304. The normalized spacial score (nSPS) is 17.3. The summed E-state index contributed by atoms with van der Waals surface area (Å²) < 4.78 is 0. The largest absolute Gasteiger partial charge is 0.394 e. The van der Waals surface area contributed by atoms with Crippen molar-refractivity contribution in [2.75, 3.05) is 13.2 Å². The molecule has 4 N–H and O–H groups in total. The highest BCUT2D eigenvalue weighted by Crippen LogP contribution is 2.17. The number of carbonyl (C=O) groups excluding carboxylic acids is 2. The van der Waals surface area contributed by atoms with Crippen molar-refractivity contribution in [3.8, 4) is 0 Å². The number of urea groups is 1. The number of rotatable bonds is 7. The lowest BCUT2D eigenvalue weighted by molar-refractivity contribution is -0.122. The van der Waals surface area contributed by atoms with E-state index in [-0.39, 0.29) is 24.6 Å². The molecule has 0 aliphatic heterocycles. The molecular formula is C14H27N3O3. The van der Waals surface area contributed by atoms with E-state index in [4.69, 9.17) is 5.11 Å². The van der Waals surface area contributed by atoms with Gasteiger partial charge in [0.15, 0.2) is 0 Å². The van der Waals surface area contributed by atoms with Gasteiger partial charge >= 0.3 is 6.03 Å². The Morgan fingerprint density at radius 1 is 1.25 bits per heavy atom. The first-order valence-electron chi connectivity index (χ1n) is 7.56. The first-order valence-corrected chi connectivity index (χ1v) is 7.56. The number of aliphatic hydroxyl groups is 1. The van der Waals surface area contributed by atoms with Crippen LogP contribution in [-0.4, -0.2) is 42.3 Å². The van der Waals surface area contributed by atoms with Crippen LogP contribution in [0.15, 0.2) is 0 Å². The van der Waals surface area contributed by atoms with Crippen molar-refractivity contribution in [2.45, 2.75) is 64.0 Å². The molecule has 0 aromatic carbocycles. The van der Waals surface area contributed by atoms with E-state index in [2.05, 4.69) is 16.0 Å². The van der Waals surface area contributed by atoms with Gasteiger partial charge in [0.05, 0.1) is 6.61 Å². The van der Waals surface area contributed by atoms with Gasteiger partial charge < -0.3 is 21.1 Å².